The number of nitrogens with two attached hydrogens (primary N) is 1. The molecule has 2 rings (SSSR count). The third-order valence-electron chi connectivity index (χ3n) is 3.84. The number of hydrogen-bond donors (Lipinski definition) is 4. The Labute approximate surface area is 159 Å². The highest BCUT2D eigenvalue weighted by Gasteiger charge is 2.17. The van der Waals surface area contributed by atoms with Gasteiger partial charge in [-0.15, -0.1) is 5.10 Å². The van der Waals surface area contributed by atoms with E-state index in [-0.39, 0.29) is 25.3 Å². The molecule has 0 fully saturated rings. The quantitative estimate of drug-likeness (QED) is 0.290. The van der Waals surface area contributed by atoms with Crippen molar-refractivity contribution in [2.24, 2.45) is 5.73 Å². The molecular weight excluding hydrogens is 377 g/mol. The number of rotatable bonds is 11. The molecule has 152 valence electrons. The first-order valence-electron chi connectivity index (χ1n) is 8.57. The van der Waals surface area contributed by atoms with E-state index in [0.29, 0.717) is 25.1 Å². The fourth-order valence-corrected chi connectivity index (χ4v) is 2.44. The topological polar surface area (TPSA) is 148 Å². The molecular formula is C15H21BF2N6O4. The summed E-state index contributed by atoms with van der Waals surface area (Å²) in [6.07, 6.45) is 1.65. The maximum atomic E-state index is 13.6. The van der Waals surface area contributed by atoms with Gasteiger partial charge in [0.1, 0.15) is 18.2 Å². The minimum Gasteiger partial charge on any atom is -0.402 e. The molecule has 1 heterocycles. The summed E-state index contributed by atoms with van der Waals surface area (Å²) in [4.78, 5) is 12.1. The number of tetrazole rings is 1. The number of nitrogens with one attached hydrogen (secondary N) is 1. The summed E-state index contributed by atoms with van der Waals surface area (Å²) in [6.45, 7) is -0.246. The molecule has 10 nitrogen and oxygen atoms in total. The van der Waals surface area contributed by atoms with Crippen LogP contribution in [-0.2, 0) is 22.5 Å². The van der Waals surface area contributed by atoms with Crippen molar-refractivity contribution < 1.29 is 28.3 Å². The third-order valence-corrected chi connectivity index (χ3v) is 3.84. The smallest absolute Gasteiger partial charge is 0.402 e. The number of unbranched alkanes of at least 4 members (excludes halogenated alkanes) is 1. The number of aromatic nitrogens is 4. The highest BCUT2D eigenvalue weighted by Crippen LogP contribution is 2.14. The number of hydrogen-bond acceptors (Lipinski definition) is 8. The van der Waals surface area contributed by atoms with E-state index in [0.717, 1.165) is 18.2 Å². The van der Waals surface area contributed by atoms with Crippen LogP contribution < -0.4 is 11.1 Å². The summed E-state index contributed by atoms with van der Waals surface area (Å²) >= 11 is 0. The van der Waals surface area contributed by atoms with Gasteiger partial charge in [-0.2, -0.15) is 0 Å². The van der Waals surface area contributed by atoms with Crippen molar-refractivity contribution in [1.82, 2.24) is 25.5 Å². The van der Waals surface area contributed by atoms with E-state index < -0.39 is 30.9 Å². The lowest BCUT2D eigenvalue weighted by molar-refractivity contribution is -0.122. The summed E-state index contributed by atoms with van der Waals surface area (Å²) in [5.74, 6) is -1.41. The molecule has 0 radical (unpaired) electrons. The molecule has 1 atom stereocenters. The van der Waals surface area contributed by atoms with Crippen molar-refractivity contribution in [3.63, 3.8) is 0 Å². The number of benzene rings is 1. The van der Waals surface area contributed by atoms with Crippen molar-refractivity contribution >= 4 is 13.2 Å². The zero-order valence-electron chi connectivity index (χ0n) is 15.0. The van der Waals surface area contributed by atoms with Gasteiger partial charge in [-0.05, 0) is 47.9 Å². The van der Waals surface area contributed by atoms with Crippen LogP contribution in [0.25, 0.3) is 0 Å². The van der Waals surface area contributed by atoms with E-state index in [1.165, 1.54) is 4.68 Å². The van der Waals surface area contributed by atoms with Crippen LogP contribution in [0.4, 0.5) is 8.78 Å². The van der Waals surface area contributed by atoms with Gasteiger partial charge in [0, 0.05) is 18.7 Å². The molecule has 5 N–H and O–H groups in total. The van der Waals surface area contributed by atoms with E-state index in [4.69, 9.17) is 15.8 Å². The number of nitrogens with zero attached hydrogens (tertiary/aromatic N) is 4. The molecule has 0 aliphatic heterocycles. The molecule has 1 unspecified atom stereocenters. The Kier molecular flexibility index (Phi) is 8.38. The molecule has 13 heteroatoms. The highest BCUT2D eigenvalue weighted by atomic mass is 19.1. The van der Waals surface area contributed by atoms with Crippen molar-refractivity contribution in [2.75, 3.05) is 6.61 Å². The van der Waals surface area contributed by atoms with Gasteiger partial charge in [-0.3, -0.25) is 4.79 Å². The SMILES string of the molecule is NC(CCCCOB(O)O)c1nnnn1CC(=O)NCc1cc(F)ccc1F. The summed E-state index contributed by atoms with van der Waals surface area (Å²) in [5.41, 5.74) is 6.06. The number of carbonyl (C=O) groups is 1. The standard InChI is InChI=1S/C15H21BF2N6O4/c17-11-4-5-12(18)10(7-11)8-20-14(25)9-24-15(21-22-23-24)13(19)3-1-2-6-28-16(26)27/h4-5,7,13,26-27H,1-3,6,8-9,19H2,(H,20,25). The van der Waals surface area contributed by atoms with Crippen LogP contribution in [0.15, 0.2) is 18.2 Å². The third kappa shape index (κ3) is 6.92. The van der Waals surface area contributed by atoms with Gasteiger partial charge < -0.3 is 25.8 Å². The second-order valence-corrected chi connectivity index (χ2v) is 6.01. The molecule has 1 aromatic heterocycles. The fourth-order valence-electron chi connectivity index (χ4n) is 2.44. The first-order valence-corrected chi connectivity index (χ1v) is 8.57. The molecule has 0 aliphatic rings. The zero-order valence-corrected chi connectivity index (χ0v) is 15.0. The van der Waals surface area contributed by atoms with Crippen LogP contribution in [0.2, 0.25) is 0 Å². The predicted molar refractivity (Wildman–Crippen MR) is 92.9 cm³/mol. The Bertz CT molecular complexity index is 779. The van der Waals surface area contributed by atoms with Gasteiger partial charge in [-0.1, -0.05) is 0 Å². The summed E-state index contributed by atoms with van der Waals surface area (Å²) in [5, 5.41) is 30.7. The molecule has 0 saturated heterocycles. The molecule has 0 aliphatic carbocycles. The number of amides is 1. The van der Waals surface area contributed by atoms with Crippen LogP contribution in [0.3, 0.4) is 0 Å². The fraction of sp³-hybridized carbons (Fsp3) is 0.467. The van der Waals surface area contributed by atoms with Crippen molar-refractivity contribution in [3.8, 4) is 0 Å². The monoisotopic (exact) mass is 398 g/mol. The molecule has 2 aromatic rings. The first-order chi connectivity index (χ1) is 13.4. The Morgan fingerprint density at radius 2 is 2.14 bits per heavy atom. The van der Waals surface area contributed by atoms with Gasteiger partial charge in [0.15, 0.2) is 5.82 Å². The van der Waals surface area contributed by atoms with Gasteiger partial charge >= 0.3 is 7.32 Å². The Morgan fingerprint density at radius 1 is 1.36 bits per heavy atom. The Morgan fingerprint density at radius 3 is 2.89 bits per heavy atom. The normalized spacial score (nSPS) is 12.0. The van der Waals surface area contributed by atoms with Gasteiger partial charge in [0.2, 0.25) is 5.91 Å². The molecule has 28 heavy (non-hydrogen) atoms. The Hall–Kier alpha value is -2.48. The second-order valence-electron chi connectivity index (χ2n) is 6.01. The lowest BCUT2D eigenvalue weighted by Gasteiger charge is -2.12. The van der Waals surface area contributed by atoms with Crippen LogP contribution in [0.5, 0.6) is 0 Å². The summed E-state index contributed by atoms with van der Waals surface area (Å²) < 4.78 is 32.6. The van der Waals surface area contributed by atoms with E-state index in [2.05, 4.69) is 25.5 Å². The van der Waals surface area contributed by atoms with Crippen LogP contribution in [-0.4, -0.2) is 50.1 Å². The van der Waals surface area contributed by atoms with Gasteiger partial charge in [-0.25, -0.2) is 13.5 Å². The average Bonchev–Trinajstić information content (AvgIpc) is 3.10. The van der Waals surface area contributed by atoms with Crippen LogP contribution in [0, 0.1) is 11.6 Å². The number of carbonyl (C=O) groups excluding carboxylic acids is 1. The van der Waals surface area contributed by atoms with Crippen molar-refractivity contribution in [2.45, 2.75) is 38.4 Å². The van der Waals surface area contributed by atoms with E-state index in [1.54, 1.807) is 0 Å². The summed E-state index contributed by atoms with van der Waals surface area (Å²) in [7, 11) is -1.81. The largest absolute Gasteiger partial charge is 0.633 e. The van der Waals surface area contributed by atoms with Crippen LogP contribution in [0.1, 0.15) is 36.7 Å². The maximum absolute atomic E-state index is 13.6. The number of halogens is 2. The Balaban J connectivity index is 1.82. The first kappa shape index (κ1) is 21.8. The van der Waals surface area contributed by atoms with Gasteiger partial charge in [0.05, 0.1) is 6.04 Å². The molecule has 1 aromatic carbocycles. The molecule has 0 bridgehead atoms. The van der Waals surface area contributed by atoms with E-state index in [9.17, 15) is 13.6 Å². The summed E-state index contributed by atoms with van der Waals surface area (Å²) in [6, 6.07) is 2.45. The molecule has 1 amide bonds. The zero-order chi connectivity index (χ0) is 20.5. The maximum Gasteiger partial charge on any atom is 0.633 e. The van der Waals surface area contributed by atoms with Crippen molar-refractivity contribution in [3.05, 3.63) is 41.2 Å². The minimum absolute atomic E-state index is 0.0252. The van der Waals surface area contributed by atoms with Gasteiger partial charge in [0.25, 0.3) is 0 Å². The lowest BCUT2D eigenvalue weighted by Crippen LogP contribution is -2.30. The van der Waals surface area contributed by atoms with E-state index >= 15 is 0 Å². The lowest BCUT2D eigenvalue weighted by atomic mass is 10.1. The molecule has 0 spiro atoms. The minimum atomic E-state index is -1.81. The highest BCUT2D eigenvalue weighted by molar-refractivity contribution is 6.32. The van der Waals surface area contributed by atoms with E-state index in [1.807, 2.05) is 0 Å². The molecule has 0 saturated carbocycles. The predicted octanol–water partition coefficient (Wildman–Crippen LogP) is -0.576. The van der Waals surface area contributed by atoms with Crippen molar-refractivity contribution in [1.29, 1.82) is 0 Å². The van der Waals surface area contributed by atoms with Crippen LogP contribution >= 0.6 is 0 Å². The average molecular weight is 398 g/mol. The second kappa shape index (κ2) is 10.8.